The molecule has 2 amide bonds. The molecule has 0 bridgehead atoms. The van der Waals surface area contributed by atoms with Crippen molar-refractivity contribution in [2.45, 2.75) is 57.9 Å². The lowest BCUT2D eigenvalue weighted by Gasteiger charge is -2.29. The van der Waals surface area contributed by atoms with Gasteiger partial charge in [-0.15, -0.1) is 0 Å². The summed E-state index contributed by atoms with van der Waals surface area (Å²) in [5, 5.41) is 25.3. The number of hydrogen-bond donors (Lipinski definition) is 4. The summed E-state index contributed by atoms with van der Waals surface area (Å²) < 4.78 is 16.6. The fourth-order valence-corrected chi connectivity index (χ4v) is 5.03. The molecule has 3 atom stereocenters. The molecule has 0 heterocycles. The third-order valence-electron chi connectivity index (χ3n) is 6.93. The van der Waals surface area contributed by atoms with Gasteiger partial charge in [0.05, 0.1) is 27.3 Å². The quantitative estimate of drug-likeness (QED) is 0.312. The minimum Gasteiger partial charge on any atom is -0.493 e. The van der Waals surface area contributed by atoms with E-state index in [1.165, 1.54) is 0 Å². The molecule has 10 heteroatoms. The number of carbonyl (C=O) groups is 2. The number of amides is 2. The van der Waals surface area contributed by atoms with Gasteiger partial charge in [0.1, 0.15) is 6.04 Å². The van der Waals surface area contributed by atoms with Crippen molar-refractivity contribution in [2.75, 3.05) is 21.3 Å². The molecular formula is C28H39BN2O7. The number of rotatable bonds is 12. The van der Waals surface area contributed by atoms with Crippen LogP contribution >= 0.6 is 0 Å². The van der Waals surface area contributed by atoms with Crippen LogP contribution in [0, 0.1) is 11.8 Å². The van der Waals surface area contributed by atoms with Crippen LogP contribution in [0.3, 0.4) is 0 Å². The van der Waals surface area contributed by atoms with Crippen molar-refractivity contribution in [3.05, 3.63) is 53.1 Å². The first kappa shape index (κ1) is 29.3. The molecule has 2 unspecified atom stereocenters. The number of carbonyl (C=O) groups excluding carboxylic acids is 2. The van der Waals surface area contributed by atoms with Crippen molar-refractivity contribution < 1.29 is 33.8 Å². The Balaban J connectivity index is 1.81. The Labute approximate surface area is 225 Å². The van der Waals surface area contributed by atoms with E-state index in [2.05, 4.69) is 10.6 Å². The number of nitrogens with one attached hydrogen (secondary N) is 2. The van der Waals surface area contributed by atoms with Crippen LogP contribution in [0.15, 0.2) is 36.4 Å². The highest BCUT2D eigenvalue weighted by Gasteiger charge is 2.34. The lowest BCUT2D eigenvalue weighted by Crippen LogP contribution is -2.55. The van der Waals surface area contributed by atoms with Crippen LogP contribution in [0.25, 0.3) is 0 Å². The molecule has 4 N–H and O–H groups in total. The molecule has 206 valence electrons. The smallest absolute Gasteiger partial charge is 0.475 e. The van der Waals surface area contributed by atoms with Crippen molar-refractivity contribution >= 4 is 18.9 Å². The van der Waals surface area contributed by atoms with Gasteiger partial charge in [-0.25, -0.2) is 0 Å². The number of benzene rings is 2. The van der Waals surface area contributed by atoms with E-state index in [4.69, 9.17) is 14.2 Å². The maximum Gasteiger partial charge on any atom is 0.475 e. The normalized spacial score (nSPS) is 16.2. The highest BCUT2D eigenvalue weighted by atomic mass is 16.5. The summed E-state index contributed by atoms with van der Waals surface area (Å²) in [5.74, 6) is -0.0708. The van der Waals surface area contributed by atoms with Crippen LogP contribution in [-0.4, -0.2) is 62.3 Å². The Morgan fingerprint density at radius 1 is 1.03 bits per heavy atom. The molecule has 1 aliphatic rings. The maximum atomic E-state index is 13.5. The molecular weight excluding hydrogens is 487 g/mol. The Kier molecular flexibility index (Phi) is 10.4. The summed E-state index contributed by atoms with van der Waals surface area (Å²) in [6, 6.07) is 10.4. The van der Waals surface area contributed by atoms with E-state index in [-0.39, 0.29) is 24.2 Å². The SMILES string of the molecule is COc1cc2c(c(OC)c1OC)CCC(C(=O)N[C@@H](Cc1ccccc1)C(=O)NC(CC(C)C)B(O)O)C2. The fraction of sp³-hybridized carbons (Fsp3) is 0.500. The van der Waals surface area contributed by atoms with E-state index >= 15 is 0 Å². The number of fused-ring (bicyclic) bond motifs is 1. The minimum atomic E-state index is -1.70. The number of methoxy groups -OCH3 is 3. The van der Waals surface area contributed by atoms with Crippen molar-refractivity contribution in [1.82, 2.24) is 10.6 Å². The first-order valence-electron chi connectivity index (χ1n) is 13.0. The zero-order chi connectivity index (χ0) is 27.8. The van der Waals surface area contributed by atoms with Crippen molar-refractivity contribution in [1.29, 1.82) is 0 Å². The summed E-state index contributed by atoms with van der Waals surface area (Å²) >= 11 is 0. The van der Waals surface area contributed by atoms with Gasteiger partial charge in [0.25, 0.3) is 0 Å². The van der Waals surface area contributed by atoms with E-state index in [0.717, 1.165) is 16.7 Å². The van der Waals surface area contributed by atoms with Gasteiger partial charge in [0.15, 0.2) is 11.5 Å². The van der Waals surface area contributed by atoms with Crippen LogP contribution < -0.4 is 24.8 Å². The molecule has 2 aromatic rings. The average molecular weight is 526 g/mol. The Morgan fingerprint density at radius 3 is 2.29 bits per heavy atom. The van der Waals surface area contributed by atoms with Gasteiger partial charge < -0.3 is 34.9 Å². The summed E-state index contributed by atoms with van der Waals surface area (Å²) in [6.07, 6.45) is 2.32. The third-order valence-corrected chi connectivity index (χ3v) is 6.93. The molecule has 0 aromatic heterocycles. The van der Waals surface area contributed by atoms with E-state index in [1.54, 1.807) is 21.3 Å². The fourth-order valence-electron chi connectivity index (χ4n) is 5.03. The van der Waals surface area contributed by atoms with Crippen LogP contribution in [0.1, 0.15) is 43.4 Å². The van der Waals surface area contributed by atoms with Crippen LogP contribution in [0.4, 0.5) is 0 Å². The molecule has 0 saturated carbocycles. The van der Waals surface area contributed by atoms with Crippen LogP contribution in [-0.2, 0) is 28.9 Å². The largest absolute Gasteiger partial charge is 0.493 e. The molecule has 0 fully saturated rings. The maximum absolute atomic E-state index is 13.5. The number of ether oxygens (including phenoxy) is 3. The van der Waals surface area contributed by atoms with Gasteiger partial charge in [-0.05, 0) is 48.8 Å². The summed E-state index contributed by atoms with van der Waals surface area (Å²) in [4.78, 5) is 26.8. The van der Waals surface area contributed by atoms with Gasteiger partial charge >= 0.3 is 7.12 Å². The van der Waals surface area contributed by atoms with Gasteiger partial charge in [-0.1, -0.05) is 44.2 Å². The second-order valence-corrected chi connectivity index (χ2v) is 10.1. The standard InChI is InChI=1S/C28H39BN2O7/c1-17(2)13-24(29(34)35)31-28(33)22(14-18-9-7-6-8-10-18)30-27(32)19-11-12-21-20(15-19)16-23(36-3)26(38-5)25(21)37-4/h6-10,16-17,19,22,24,34-35H,11-15H2,1-5H3,(H,30,32)(H,31,33)/t19?,22-,24?/m0/s1. The summed E-state index contributed by atoms with van der Waals surface area (Å²) in [7, 11) is 3.00. The first-order chi connectivity index (χ1) is 18.2. The Bertz CT molecular complexity index is 1090. The van der Waals surface area contributed by atoms with Crippen molar-refractivity contribution in [3.63, 3.8) is 0 Å². The van der Waals surface area contributed by atoms with Gasteiger partial charge in [-0.3, -0.25) is 9.59 Å². The molecule has 38 heavy (non-hydrogen) atoms. The topological polar surface area (TPSA) is 126 Å². The first-order valence-corrected chi connectivity index (χ1v) is 13.0. The summed E-state index contributed by atoms with van der Waals surface area (Å²) in [6.45, 7) is 3.87. The lowest BCUT2D eigenvalue weighted by atomic mass is 9.75. The highest BCUT2D eigenvalue weighted by molar-refractivity contribution is 6.43. The molecule has 0 aliphatic heterocycles. The van der Waals surface area contributed by atoms with Gasteiger partial charge in [0.2, 0.25) is 17.6 Å². The van der Waals surface area contributed by atoms with Crippen molar-refractivity contribution in [3.8, 4) is 17.2 Å². The van der Waals surface area contributed by atoms with Crippen LogP contribution in [0.5, 0.6) is 17.2 Å². The van der Waals surface area contributed by atoms with E-state index < -0.39 is 25.0 Å². The molecule has 0 radical (unpaired) electrons. The Hall–Kier alpha value is -3.24. The van der Waals surface area contributed by atoms with Crippen LogP contribution in [0.2, 0.25) is 0 Å². The zero-order valence-corrected chi connectivity index (χ0v) is 22.8. The van der Waals surface area contributed by atoms with E-state index in [0.29, 0.717) is 42.9 Å². The predicted octanol–water partition coefficient (Wildman–Crippen LogP) is 2.09. The third kappa shape index (κ3) is 7.20. The van der Waals surface area contributed by atoms with Gasteiger partial charge in [-0.2, -0.15) is 0 Å². The molecule has 0 spiro atoms. The Morgan fingerprint density at radius 2 is 1.71 bits per heavy atom. The second-order valence-electron chi connectivity index (χ2n) is 10.1. The van der Waals surface area contributed by atoms with Crippen molar-refractivity contribution in [2.24, 2.45) is 11.8 Å². The molecule has 1 aliphatic carbocycles. The highest BCUT2D eigenvalue weighted by Crippen LogP contribution is 2.45. The zero-order valence-electron chi connectivity index (χ0n) is 22.8. The minimum absolute atomic E-state index is 0.138. The van der Waals surface area contributed by atoms with E-state index in [1.807, 2.05) is 50.2 Å². The predicted molar refractivity (Wildman–Crippen MR) is 145 cm³/mol. The molecule has 2 aromatic carbocycles. The number of hydrogen-bond acceptors (Lipinski definition) is 7. The average Bonchev–Trinajstić information content (AvgIpc) is 2.90. The van der Waals surface area contributed by atoms with E-state index in [9.17, 15) is 19.6 Å². The monoisotopic (exact) mass is 526 g/mol. The molecule has 9 nitrogen and oxygen atoms in total. The van der Waals surface area contributed by atoms with Gasteiger partial charge in [0, 0.05) is 17.9 Å². The second kappa shape index (κ2) is 13.5. The lowest BCUT2D eigenvalue weighted by molar-refractivity contribution is -0.131. The molecule has 0 saturated heterocycles. The summed E-state index contributed by atoms with van der Waals surface area (Å²) in [5.41, 5.74) is 2.81. The molecule has 3 rings (SSSR count).